The summed E-state index contributed by atoms with van der Waals surface area (Å²) in [5.41, 5.74) is 3.80. The molecule has 0 spiro atoms. The van der Waals surface area contributed by atoms with Crippen LogP contribution in [0.4, 0.5) is 0 Å². The number of hydrogen-bond acceptors (Lipinski definition) is 6. The lowest BCUT2D eigenvalue weighted by molar-refractivity contribution is 0.00578. The summed E-state index contributed by atoms with van der Waals surface area (Å²) >= 11 is 0. The van der Waals surface area contributed by atoms with Crippen LogP contribution in [-0.4, -0.2) is 49.4 Å². The van der Waals surface area contributed by atoms with Crippen molar-refractivity contribution in [3.63, 3.8) is 0 Å². The van der Waals surface area contributed by atoms with Gasteiger partial charge in [-0.2, -0.15) is 5.10 Å². The third-order valence-corrected chi connectivity index (χ3v) is 7.16. The summed E-state index contributed by atoms with van der Waals surface area (Å²) in [5.74, 6) is 1.61. The highest BCUT2D eigenvalue weighted by Crippen LogP contribution is 2.38. The van der Waals surface area contributed by atoms with E-state index in [1.165, 1.54) is 0 Å². The van der Waals surface area contributed by atoms with E-state index in [1.807, 2.05) is 53.2 Å². The Morgan fingerprint density at radius 3 is 1.86 bits per heavy atom. The highest BCUT2D eigenvalue weighted by Gasteiger charge is 2.53. The number of aromatic nitrogens is 2. The number of ether oxygens (including phenoxy) is 3. The lowest BCUT2D eigenvalue weighted by atomic mass is 9.75. The topological polar surface area (TPSA) is 64.0 Å². The molecular formula is C27H35BN2O5. The highest BCUT2D eigenvalue weighted by atomic mass is 16.7. The third kappa shape index (κ3) is 4.83. The van der Waals surface area contributed by atoms with Crippen molar-refractivity contribution in [3.05, 3.63) is 71.0 Å². The molecule has 1 atom stereocenters. The molecule has 1 aliphatic heterocycles. The Morgan fingerprint density at radius 2 is 1.37 bits per heavy atom. The van der Waals surface area contributed by atoms with Crippen LogP contribution in [0.3, 0.4) is 0 Å². The molecule has 7 nitrogen and oxygen atoms in total. The summed E-state index contributed by atoms with van der Waals surface area (Å²) in [5, 5.41) is 5.05. The number of methoxy groups -OCH3 is 3. The molecule has 35 heavy (non-hydrogen) atoms. The molecule has 4 rings (SSSR count). The molecule has 2 aromatic carbocycles. The molecule has 1 aromatic heterocycles. The molecule has 0 radical (unpaired) electrons. The molecule has 1 aliphatic rings. The van der Waals surface area contributed by atoms with Gasteiger partial charge in [-0.1, -0.05) is 24.3 Å². The van der Waals surface area contributed by atoms with Crippen molar-refractivity contribution >= 4 is 12.6 Å². The van der Waals surface area contributed by atoms with Crippen molar-refractivity contribution < 1.29 is 23.5 Å². The Kier molecular flexibility index (Phi) is 7.00. The number of nitrogens with zero attached hydrogens (tertiary/aromatic N) is 2. The lowest BCUT2D eigenvalue weighted by Crippen LogP contribution is -2.41. The SMILES string of the molecule is COc1ccc(Cn2nc(C(OC)c3ccc(OC)cc3)c(B3OC(C)(C)C(C)(C)O3)c2C)cc1. The zero-order valence-corrected chi connectivity index (χ0v) is 21.9. The number of rotatable bonds is 8. The maximum absolute atomic E-state index is 6.46. The first-order valence-electron chi connectivity index (χ1n) is 11.8. The molecule has 0 N–H and O–H groups in total. The third-order valence-electron chi connectivity index (χ3n) is 7.16. The van der Waals surface area contributed by atoms with Gasteiger partial charge in [-0.3, -0.25) is 4.68 Å². The van der Waals surface area contributed by atoms with Crippen LogP contribution in [0.1, 0.15) is 56.3 Å². The number of benzene rings is 2. The van der Waals surface area contributed by atoms with Crippen LogP contribution in [-0.2, 0) is 20.6 Å². The first kappa shape index (κ1) is 25.3. The van der Waals surface area contributed by atoms with E-state index in [0.717, 1.165) is 39.5 Å². The summed E-state index contributed by atoms with van der Waals surface area (Å²) in [4.78, 5) is 0. The summed E-state index contributed by atoms with van der Waals surface area (Å²) in [7, 11) is 4.46. The molecule has 8 heteroatoms. The minimum atomic E-state index is -0.560. The second-order valence-corrected chi connectivity index (χ2v) is 9.87. The molecule has 0 saturated carbocycles. The summed E-state index contributed by atoms with van der Waals surface area (Å²) < 4.78 is 31.6. The smallest absolute Gasteiger partial charge is 0.497 e. The molecule has 1 saturated heterocycles. The fourth-order valence-electron chi connectivity index (χ4n) is 4.27. The van der Waals surface area contributed by atoms with Gasteiger partial charge in [0.25, 0.3) is 0 Å². The van der Waals surface area contributed by atoms with Gasteiger partial charge in [0, 0.05) is 18.3 Å². The van der Waals surface area contributed by atoms with Crippen LogP contribution >= 0.6 is 0 Å². The van der Waals surface area contributed by atoms with E-state index in [4.69, 9.17) is 28.6 Å². The lowest BCUT2D eigenvalue weighted by Gasteiger charge is -2.32. The standard InChI is InChI=1S/C27H35BN2O5/c1-18-23(28-34-26(2,3)27(4,5)35-28)24(25(33-8)20-11-15-22(32-7)16-12-20)29-30(18)17-19-9-13-21(31-6)14-10-19/h9-16,25H,17H2,1-8H3. The van der Waals surface area contributed by atoms with Crippen molar-refractivity contribution in [2.45, 2.75) is 58.5 Å². The largest absolute Gasteiger partial charge is 0.498 e. The molecule has 0 bridgehead atoms. The van der Waals surface area contributed by atoms with Gasteiger partial charge in [-0.15, -0.1) is 0 Å². The number of hydrogen-bond donors (Lipinski definition) is 0. The molecule has 1 fully saturated rings. The Hall–Kier alpha value is -2.81. The van der Waals surface area contributed by atoms with Crippen LogP contribution < -0.4 is 14.9 Å². The predicted molar refractivity (Wildman–Crippen MR) is 137 cm³/mol. The van der Waals surface area contributed by atoms with Gasteiger partial charge in [0.2, 0.25) is 0 Å². The first-order valence-corrected chi connectivity index (χ1v) is 11.8. The van der Waals surface area contributed by atoms with Gasteiger partial charge >= 0.3 is 7.12 Å². The molecule has 3 aromatic rings. The monoisotopic (exact) mass is 478 g/mol. The Balaban J connectivity index is 1.78. The van der Waals surface area contributed by atoms with Gasteiger partial charge in [0.15, 0.2) is 0 Å². The van der Waals surface area contributed by atoms with Crippen LogP contribution in [0.15, 0.2) is 48.5 Å². The Morgan fingerprint density at radius 1 is 0.857 bits per heavy atom. The van der Waals surface area contributed by atoms with E-state index < -0.39 is 24.4 Å². The van der Waals surface area contributed by atoms with E-state index in [2.05, 4.69) is 34.6 Å². The van der Waals surface area contributed by atoms with Gasteiger partial charge in [0.05, 0.1) is 37.7 Å². The van der Waals surface area contributed by atoms with Gasteiger partial charge in [-0.25, -0.2) is 0 Å². The fraction of sp³-hybridized carbons (Fsp3) is 0.444. The second-order valence-electron chi connectivity index (χ2n) is 9.87. The maximum atomic E-state index is 6.46. The molecular weight excluding hydrogens is 443 g/mol. The zero-order valence-electron chi connectivity index (χ0n) is 21.9. The fourth-order valence-corrected chi connectivity index (χ4v) is 4.27. The molecule has 1 unspecified atom stereocenters. The van der Waals surface area contributed by atoms with Gasteiger partial charge in [0.1, 0.15) is 17.6 Å². The van der Waals surface area contributed by atoms with Crippen molar-refractivity contribution in [3.8, 4) is 11.5 Å². The summed E-state index contributed by atoms with van der Waals surface area (Å²) in [6.07, 6.45) is -0.397. The predicted octanol–water partition coefficient (Wildman–Crippen LogP) is 4.29. The van der Waals surface area contributed by atoms with Crippen LogP contribution in [0, 0.1) is 6.92 Å². The average Bonchev–Trinajstić information content (AvgIpc) is 3.26. The summed E-state index contributed by atoms with van der Waals surface area (Å²) in [6, 6.07) is 15.9. The van der Waals surface area contributed by atoms with Crippen molar-refractivity contribution in [1.82, 2.24) is 9.78 Å². The maximum Gasteiger partial charge on any atom is 0.498 e. The van der Waals surface area contributed by atoms with E-state index in [1.54, 1.807) is 21.3 Å². The van der Waals surface area contributed by atoms with Crippen LogP contribution in [0.2, 0.25) is 0 Å². The van der Waals surface area contributed by atoms with E-state index in [9.17, 15) is 0 Å². The van der Waals surface area contributed by atoms with E-state index in [-0.39, 0.29) is 0 Å². The minimum Gasteiger partial charge on any atom is -0.497 e. The second kappa shape index (κ2) is 9.68. The van der Waals surface area contributed by atoms with E-state index >= 15 is 0 Å². The van der Waals surface area contributed by atoms with Crippen molar-refractivity contribution in [2.24, 2.45) is 0 Å². The Bertz CT molecular complexity index is 1140. The molecule has 0 amide bonds. The molecule has 2 heterocycles. The molecule has 186 valence electrons. The van der Waals surface area contributed by atoms with Crippen LogP contribution in [0.5, 0.6) is 11.5 Å². The quantitative estimate of drug-likeness (QED) is 0.450. The average molecular weight is 478 g/mol. The van der Waals surface area contributed by atoms with Gasteiger partial charge in [-0.05, 0) is 70.0 Å². The minimum absolute atomic E-state index is 0.397. The van der Waals surface area contributed by atoms with E-state index in [0.29, 0.717) is 6.54 Å². The normalized spacial score (nSPS) is 17.4. The first-order chi connectivity index (χ1) is 16.6. The van der Waals surface area contributed by atoms with Crippen LogP contribution in [0.25, 0.3) is 0 Å². The molecule has 0 aliphatic carbocycles. The summed E-state index contributed by atoms with van der Waals surface area (Å²) in [6.45, 7) is 10.9. The zero-order chi connectivity index (χ0) is 25.4. The highest BCUT2D eigenvalue weighted by molar-refractivity contribution is 6.63. The van der Waals surface area contributed by atoms with Crippen molar-refractivity contribution in [1.29, 1.82) is 0 Å². The van der Waals surface area contributed by atoms with Gasteiger partial charge < -0.3 is 23.5 Å². The Labute approximate surface area is 208 Å². The van der Waals surface area contributed by atoms with Crippen molar-refractivity contribution in [2.75, 3.05) is 21.3 Å².